The van der Waals surface area contributed by atoms with E-state index in [1.165, 1.54) is 0 Å². The molecule has 0 radical (unpaired) electrons. The number of nitro benzene ring substituents is 1. The van der Waals surface area contributed by atoms with Crippen molar-refractivity contribution in [2.24, 2.45) is 0 Å². The van der Waals surface area contributed by atoms with E-state index in [1.54, 1.807) is 66.9 Å². The van der Waals surface area contributed by atoms with Crippen molar-refractivity contribution in [3.8, 4) is 11.5 Å². The lowest BCUT2D eigenvalue weighted by Crippen LogP contribution is -2.42. The Hall–Kier alpha value is -2.61. The third-order valence-electron chi connectivity index (χ3n) is 8.02. The monoisotopic (exact) mass is 668 g/mol. The SMILES string of the molecule is CO[Si](CCCOc1ccc(OCCC[Si](OC)(OC)OC)c(COCC2CCCN2c2ccc([N+](=O)[O-])cc2)c1)(OC)OC. The molecule has 2 aromatic carbocycles. The molecule has 252 valence electrons. The van der Waals surface area contributed by atoms with E-state index in [2.05, 4.69) is 4.90 Å². The molecule has 1 unspecified atom stereocenters. The summed E-state index contributed by atoms with van der Waals surface area (Å²) >= 11 is 0. The van der Waals surface area contributed by atoms with E-state index in [1.807, 2.05) is 18.2 Å². The van der Waals surface area contributed by atoms with Gasteiger partial charge in [0.05, 0.1) is 37.4 Å². The van der Waals surface area contributed by atoms with E-state index in [4.69, 9.17) is 40.8 Å². The summed E-state index contributed by atoms with van der Waals surface area (Å²) in [5.74, 6) is 1.42. The molecular formula is C30H48N2O11Si2. The average molecular weight is 669 g/mol. The van der Waals surface area contributed by atoms with Crippen molar-refractivity contribution in [3.05, 3.63) is 58.1 Å². The van der Waals surface area contributed by atoms with Crippen LogP contribution >= 0.6 is 0 Å². The summed E-state index contributed by atoms with van der Waals surface area (Å²) < 4.78 is 51.6. The Balaban J connectivity index is 1.64. The van der Waals surface area contributed by atoms with E-state index < -0.39 is 17.6 Å². The first-order valence-electron chi connectivity index (χ1n) is 15.1. The van der Waals surface area contributed by atoms with Gasteiger partial charge in [0.25, 0.3) is 5.69 Å². The van der Waals surface area contributed by atoms with Gasteiger partial charge in [-0.2, -0.15) is 0 Å². The minimum Gasteiger partial charge on any atom is -0.494 e. The number of ether oxygens (including phenoxy) is 3. The zero-order valence-electron chi connectivity index (χ0n) is 27.3. The number of nitrogens with zero attached hydrogens (tertiary/aromatic N) is 2. The highest BCUT2D eigenvalue weighted by Gasteiger charge is 2.37. The Morgan fingerprint density at radius 2 is 1.40 bits per heavy atom. The molecule has 0 aromatic heterocycles. The number of nitro groups is 1. The Morgan fingerprint density at radius 3 is 1.96 bits per heavy atom. The van der Waals surface area contributed by atoms with Crippen LogP contribution in [0.4, 0.5) is 11.4 Å². The first-order valence-corrected chi connectivity index (χ1v) is 18.9. The van der Waals surface area contributed by atoms with Gasteiger partial charge in [0.15, 0.2) is 0 Å². The summed E-state index contributed by atoms with van der Waals surface area (Å²) in [7, 11) is 4.26. The highest BCUT2D eigenvalue weighted by Crippen LogP contribution is 2.30. The molecule has 45 heavy (non-hydrogen) atoms. The first-order chi connectivity index (χ1) is 21.8. The van der Waals surface area contributed by atoms with Crippen LogP contribution in [0.3, 0.4) is 0 Å². The molecule has 1 aliphatic heterocycles. The van der Waals surface area contributed by atoms with Crippen LogP contribution < -0.4 is 14.4 Å². The number of non-ortho nitro benzene ring substituents is 1. The first kappa shape index (κ1) is 36.9. The maximum Gasteiger partial charge on any atom is 0.500 e. The van der Waals surface area contributed by atoms with Crippen LogP contribution in [0.5, 0.6) is 11.5 Å². The van der Waals surface area contributed by atoms with Crippen LogP contribution in [-0.2, 0) is 37.9 Å². The van der Waals surface area contributed by atoms with E-state index in [-0.39, 0.29) is 16.7 Å². The lowest BCUT2D eigenvalue weighted by molar-refractivity contribution is -0.384. The minimum absolute atomic E-state index is 0.0811. The molecule has 0 amide bonds. The van der Waals surface area contributed by atoms with Gasteiger partial charge in [-0.3, -0.25) is 10.1 Å². The Bertz CT molecular complexity index is 1150. The summed E-state index contributed by atoms with van der Waals surface area (Å²) in [5, 5.41) is 11.1. The molecule has 0 saturated carbocycles. The van der Waals surface area contributed by atoms with Gasteiger partial charge >= 0.3 is 17.6 Å². The van der Waals surface area contributed by atoms with Crippen LogP contribution in [0.1, 0.15) is 31.2 Å². The van der Waals surface area contributed by atoms with Gasteiger partial charge in [-0.1, -0.05) is 0 Å². The quantitative estimate of drug-likeness (QED) is 0.0719. The van der Waals surface area contributed by atoms with Gasteiger partial charge in [-0.25, -0.2) is 0 Å². The zero-order valence-corrected chi connectivity index (χ0v) is 29.3. The second-order valence-corrected chi connectivity index (χ2v) is 16.7. The molecule has 13 nitrogen and oxygen atoms in total. The van der Waals surface area contributed by atoms with Crippen LogP contribution in [0.2, 0.25) is 12.1 Å². The van der Waals surface area contributed by atoms with Crippen LogP contribution in [0, 0.1) is 10.1 Å². The normalized spacial score (nSPS) is 15.4. The third-order valence-corrected chi connectivity index (χ3v) is 13.7. The Kier molecular flexibility index (Phi) is 15.2. The summed E-state index contributed by atoms with van der Waals surface area (Å²) in [5.41, 5.74) is 1.91. The lowest BCUT2D eigenvalue weighted by Gasteiger charge is -2.27. The predicted molar refractivity (Wildman–Crippen MR) is 173 cm³/mol. The van der Waals surface area contributed by atoms with Crippen molar-refractivity contribution in [3.63, 3.8) is 0 Å². The molecule has 3 rings (SSSR count). The highest BCUT2D eigenvalue weighted by atomic mass is 28.4. The van der Waals surface area contributed by atoms with Crippen molar-refractivity contribution in [2.45, 2.75) is 50.4 Å². The van der Waals surface area contributed by atoms with Gasteiger partial charge < -0.3 is 45.7 Å². The van der Waals surface area contributed by atoms with Gasteiger partial charge in [-0.05, 0) is 56.0 Å². The zero-order chi connectivity index (χ0) is 32.7. The molecule has 1 aliphatic rings. The molecule has 0 N–H and O–H groups in total. The van der Waals surface area contributed by atoms with Gasteiger partial charge in [-0.15, -0.1) is 0 Å². The van der Waals surface area contributed by atoms with E-state index in [9.17, 15) is 10.1 Å². The van der Waals surface area contributed by atoms with Crippen LogP contribution in [-0.4, -0.2) is 97.6 Å². The summed E-state index contributed by atoms with van der Waals surface area (Å²) in [6.45, 7) is 2.62. The van der Waals surface area contributed by atoms with E-state index >= 15 is 0 Å². The van der Waals surface area contributed by atoms with Crippen molar-refractivity contribution in [1.82, 2.24) is 0 Å². The largest absolute Gasteiger partial charge is 0.500 e. The predicted octanol–water partition coefficient (Wildman–Crippen LogP) is 5.07. The Morgan fingerprint density at radius 1 is 0.822 bits per heavy atom. The number of hydrogen-bond donors (Lipinski definition) is 0. The van der Waals surface area contributed by atoms with Gasteiger partial charge in [0.1, 0.15) is 11.5 Å². The number of hydrogen-bond acceptors (Lipinski definition) is 12. The molecule has 15 heteroatoms. The van der Waals surface area contributed by atoms with E-state index in [0.717, 1.165) is 30.6 Å². The highest BCUT2D eigenvalue weighted by molar-refractivity contribution is 6.60. The number of benzene rings is 2. The van der Waals surface area contributed by atoms with Crippen molar-refractivity contribution in [2.75, 3.05) is 73.9 Å². The third kappa shape index (κ3) is 10.5. The molecule has 1 saturated heterocycles. The molecule has 1 heterocycles. The van der Waals surface area contributed by atoms with Gasteiger partial charge in [0, 0.05) is 84.7 Å². The summed E-state index contributed by atoms with van der Waals surface area (Å²) in [4.78, 5) is 12.9. The molecule has 0 aliphatic carbocycles. The fraction of sp³-hybridized carbons (Fsp3) is 0.600. The standard InChI is InChI=1S/C30H48N2O11Si2/c1-35-44(36-2,37-3)20-8-18-42-29-15-16-30(43-19-9-21-45(38-4,39-5)40-6)25(22-29)23-41-24-28-10-7-17-31(28)26-11-13-27(14-12-26)32(33)34/h11-16,22,28H,7-10,17-21,23-24H2,1-6H3. The van der Waals surface area contributed by atoms with Gasteiger partial charge in [0.2, 0.25) is 0 Å². The molecule has 1 fully saturated rings. The fourth-order valence-corrected chi connectivity index (χ4v) is 8.76. The maximum atomic E-state index is 11.1. The summed E-state index contributed by atoms with van der Waals surface area (Å²) in [6.07, 6.45) is 3.40. The van der Waals surface area contributed by atoms with Crippen LogP contribution in [0.15, 0.2) is 42.5 Å². The minimum atomic E-state index is -2.69. The Labute approximate surface area is 268 Å². The molecule has 2 aromatic rings. The number of rotatable bonds is 22. The summed E-state index contributed by atoms with van der Waals surface area (Å²) in [6, 6.07) is 13.8. The molecule has 0 bridgehead atoms. The van der Waals surface area contributed by atoms with E-state index in [0.29, 0.717) is 62.9 Å². The smallest absolute Gasteiger partial charge is 0.494 e. The van der Waals surface area contributed by atoms with Crippen molar-refractivity contribution < 1.29 is 45.7 Å². The van der Waals surface area contributed by atoms with Crippen molar-refractivity contribution >= 4 is 29.0 Å². The maximum absolute atomic E-state index is 11.1. The molecular weight excluding hydrogens is 621 g/mol. The molecule has 1 atom stereocenters. The molecule has 0 spiro atoms. The topological polar surface area (TPSA) is 129 Å². The second-order valence-electron chi connectivity index (χ2n) is 10.5. The fourth-order valence-electron chi connectivity index (χ4n) is 5.38. The number of anilines is 1. The average Bonchev–Trinajstić information content (AvgIpc) is 3.55. The second kappa shape index (κ2) is 18.5. The lowest BCUT2D eigenvalue weighted by atomic mass is 10.2. The van der Waals surface area contributed by atoms with Crippen LogP contribution in [0.25, 0.3) is 0 Å². The van der Waals surface area contributed by atoms with Crippen molar-refractivity contribution in [1.29, 1.82) is 0 Å².